The molecule has 110 valence electrons. The maximum Gasteiger partial charge on any atom is 0.155 e. The van der Waals surface area contributed by atoms with Crippen LogP contribution in [0, 0.1) is 0 Å². The van der Waals surface area contributed by atoms with Crippen LogP contribution in [0.25, 0.3) is 10.8 Å². The molecule has 1 aliphatic rings. The van der Waals surface area contributed by atoms with E-state index in [1.165, 1.54) is 0 Å². The molecular weight excluding hydrogens is 270 g/mol. The minimum absolute atomic E-state index is 0.344. The Morgan fingerprint density at radius 1 is 1.29 bits per heavy atom. The second kappa shape index (κ2) is 5.81. The normalized spacial score (nSPS) is 25.3. The summed E-state index contributed by atoms with van der Waals surface area (Å²) in [6.07, 6.45) is -1.53. The van der Waals surface area contributed by atoms with Crippen molar-refractivity contribution in [1.82, 2.24) is 0 Å². The van der Waals surface area contributed by atoms with E-state index in [0.717, 1.165) is 16.3 Å². The number of aliphatic carboxylic acids is 1. The standard InChI is InChI=1S/C16H17NO4/c18-15-13(8-17-14(15)16(19)20)21-9-11-6-3-5-10-4-1-2-7-12(10)11/h1-7,13-15,17-18H,8-9H2,(H,19,20). The molecule has 1 fully saturated rings. The molecule has 2 aromatic rings. The summed E-state index contributed by atoms with van der Waals surface area (Å²) in [4.78, 5) is 10.8. The zero-order valence-electron chi connectivity index (χ0n) is 11.4. The molecule has 3 N–H and O–H groups in total. The summed E-state index contributed by atoms with van der Waals surface area (Å²) in [7, 11) is 0. The number of ether oxygens (including phenoxy) is 1. The van der Waals surface area contributed by atoms with Gasteiger partial charge in [0.15, 0.2) is 6.04 Å². The molecule has 3 rings (SSSR count). The van der Waals surface area contributed by atoms with E-state index in [-0.39, 0.29) is 0 Å². The highest BCUT2D eigenvalue weighted by atomic mass is 16.5. The lowest BCUT2D eigenvalue weighted by atomic mass is 10.1. The fourth-order valence-corrected chi connectivity index (χ4v) is 2.81. The first-order valence-corrected chi connectivity index (χ1v) is 6.97. The van der Waals surface area contributed by atoms with Crippen molar-refractivity contribution < 1.29 is 25.1 Å². The van der Waals surface area contributed by atoms with Crippen LogP contribution in [0.15, 0.2) is 42.5 Å². The van der Waals surface area contributed by atoms with E-state index in [0.29, 0.717) is 13.2 Å². The van der Waals surface area contributed by atoms with E-state index >= 15 is 0 Å². The van der Waals surface area contributed by atoms with Gasteiger partial charge >= 0.3 is 0 Å². The number of hydrogen-bond acceptors (Lipinski definition) is 4. The van der Waals surface area contributed by atoms with Gasteiger partial charge in [-0.2, -0.15) is 0 Å². The van der Waals surface area contributed by atoms with Crippen LogP contribution >= 0.6 is 0 Å². The van der Waals surface area contributed by atoms with Crippen LogP contribution in [0.2, 0.25) is 0 Å². The highest BCUT2D eigenvalue weighted by Gasteiger charge is 2.40. The van der Waals surface area contributed by atoms with Crippen molar-refractivity contribution in [1.29, 1.82) is 0 Å². The smallest absolute Gasteiger partial charge is 0.155 e. The molecule has 1 aliphatic heterocycles. The average molecular weight is 287 g/mol. The predicted molar refractivity (Wildman–Crippen MR) is 74.1 cm³/mol. The third kappa shape index (κ3) is 2.76. The van der Waals surface area contributed by atoms with Crippen molar-refractivity contribution in [2.45, 2.75) is 24.9 Å². The SMILES string of the molecule is O=C([O-])C1[NH2+]CC(OCc2cccc3ccccc23)C1O. The Morgan fingerprint density at radius 3 is 2.81 bits per heavy atom. The van der Waals surface area contributed by atoms with Gasteiger partial charge in [-0.1, -0.05) is 42.5 Å². The van der Waals surface area contributed by atoms with Crippen LogP contribution in [-0.2, 0) is 16.1 Å². The third-order valence-electron chi connectivity index (χ3n) is 3.98. The predicted octanol–water partition coefficient (Wildman–Crippen LogP) is -1.22. The fraction of sp³-hybridized carbons (Fsp3) is 0.312. The number of quaternary nitrogens is 1. The number of aliphatic hydroxyl groups excluding tert-OH is 1. The quantitative estimate of drug-likeness (QED) is 0.738. The molecule has 5 heteroatoms. The summed E-state index contributed by atoms with van der Waals surface area (Å²) in [6.45, 7) is 0.765. The Kier molecular flexibility index (Phi) is 3.88. The van der Waals surface area contributed by atoms with Gasteiger partial charge in [-0.05, 0) is 16.3 Å². The number of fused-ring (bicyclic) bond motifs is 1. The van der Waals surface area contributed by atoms with Gasteiger partial charge in [0.05, 0.1) is 6.61 Å². The first-order chi connectivity index (χ1) is 10.2. The van der Waals surface area contributed by atoms with Gasteiger partial charge in [-0.15, -0.1) is 0 Å². The summed E-state index contributed by atoms with van der Waals surface area (Å²) < 4.78 is 5.72. The van der Waals surface area contributed by atoms with Crippen molar-refractivity contribution in [3.8, 4) is 0 Å². The number of aliphatic hydroxyl groups is 1. The lowest BCUT2D eigenvalue weighted by Gasteiger charge is -2.17. The first kappa shape index (κ1) is 14.0. The molecule has 0 radical (unpaired) electrons. The zero-order valence-corrected chi connectivity index (χ0v) is 11.4. The molecule has 0 bridgehead atoms. The van der Waals surface area contributed by atoms with Crippen LogP contribution in [-0.4, -0.2) is 35.9 Å². The minimum Gasteiger partial charge on any atom is -0.544 e. The minimum atomic E-state index is -1.25. The summed E-state index contributed by atoms with van der Waals surface area (Å²) in [6, 6.07) is 13.0. The van der Waals surface area contributed by atoms with Crippen molar-refractivity contribution >= 4 is 16.7 Å². The lowest BCUT2D eigenvalue weighted by Crippen LogP contribution is -2.91. The molecule has 2 aromatic carbocycles. The molecule has 3 atom stereocenters. The van der Waals surface area contributed by atoms with Crippen LogP contribution < -0.4 is 10.4 Å². The number of nitrogens with two attached hydrogens (primary N) is 1. The molecule has 1 saturated heterocycles. The number of carbonyl (C=O) groups is 1. The van der Waals surface area contributed by atoms with Gasteiger partial charge in [0.2, 0.25) is 0 Å². The van der Waals surface area contributed by atoms with Gasteiger partial charge in [0.1, 0.15) is 24.7 Å². The monoisotopic (exact) mass is 287 g/mol. The van der Waals surface area contributed by atoms with Crippen LogP contribution in [0.1, 0.15) is 5.56 Å². The van der Waals surface area contributed by atoms with E-state index in [9.17, 15) is 15.0 Å². The van der Waals surface area contributed by atoms with Crippen LogP contribution in [0.3, 0.4) is 0 Å². The van der Waals surface area contributed by atoms with Gasteiger partial charge in [0.25, 0.3) is 0 Å². The lowest BCUT2D eigenvalue weighted by molar-refractivity contribution is -0.669. The number of benzene rings is 2. The molecule has 1 heterocycles. The first-order valence-electron chi connectivity index (χ1n) is 6.97. The highest BCUT2D eigenvalue weighted by Crippen LogP contribution is 2.20. The van der Waals surface area contributed by atoms with Crippen LogP contribution in [0.4, 0.5) is 0 Å². The Hall–Kier alpha value is -1.95. The Morgan fingerprint density at radius 2 is 2.05 bits per heavy atom. The third-order valence-corrected chi connectivity index (χ3v) is 3.98. The van der Waals surface area contributed by atoms with Crippen molar-refractivity contribution in [3.05, 3.63) is 48.0 Å². The Bertz CT molecular complexity index is 652. The molecule has 5 nitrogen and oxygen atoms in total. The summed E-state index contributed by atoms with van der Waals surface area (Å²) in [5.41, 5.74) is 1.03. The summed E-state index contributed by atoms with van der Waals surface area (Å²) in [5, 5.41) is 24.6. The number of hydrogen-bond donors (Lipinski definition) is 2. The molecule has 0 amide bonds. The Labute approximate surface area is 122 Å². The van der Waals surface area contributed by atoms with Crippen LogP contribution in [0.5, 0.6) is 0 Å². The van der Waals surface area contributed by atoms with Crippen molar-refractivity contribution in [3.63, 3.8) is 0 Å². The topological polar surface area (TPSA) is 86.2 Å². The van der Waals surface area contributed by atoms with E-state index in [2.05, 4.69) is 0 Å². The zero-order chi connectivity index (χ0) is 14.8. The number of rotatable bonds is 4. The van der Waals surface area contributed by atoms with Gasteiger partial charge in [-0.25, -0.2) is 0 Å². The molecule has 21 heavy (non-hydrogen) atoms. The summed E-state index contributed by atoms with van der Waals surface area (Å²) in [5.74, 6) is -1.25. The molecule has 0 saturated carbocycles. The average Bonchev–Trinajstić information content (AvgIpc) is 2.86. The van der Waals surface area contributed by atoms with Crippen molar-refractivity contribution in [2.75, 3.05) is 6.54 Å². The largest absolute Gasteiger partial charge is 0.544 e. The Balaban J connectivity index is 1.71. The molecule has 3 unspecified atom stereocenters. The second-order valence-electron chi connectivity index (χ2n) is 5.29. The molecule has 0 aromatic heterocycles. The number of carboxylic acids is 1. The number of carboxylic acid groups (broad SMARTS) is 1. The highest BCUT2D eigenvalue weighted by molar-refractivity contribution is 5.85. The van der Waals surface area contributed by atoms with Gasteiger partial charge in [-0.3, -0.25) is 0 Å². The maximum atomic E-state index is 10.8. The fourth-order valence-electron chi connectivity index (χ4n) is 2.81. The summed E-state index contributed by atoms with van der Waals surface area (Å²) >= 11 is 0. The van der Waals surface area contributed by atoms with E-state index < -0.39 is 24.2 Å². The van der Waals surface area contributed by atoms with Gasteiger partial charge in [0, 0.05) is 0 Å². The maximum absolute atomic E-state index is 10.8. The van der Waals surface area contributed by atoms with Crippen molar-refractivity contribution in [2.24, 2.45) is 0 Å². The van der Waals surface area contributed by atoms with E-state index in [1.807, 2.05) is 42.5 Å². The molecule has 0 aliphatic carbocycles. The molecular formula is C16H17NO4. The van der Waals surface area contributed by atoms with E-state index in [1.54, 1.807) is 5.32 Å². The second-order valence-corrected chi connectivity index (χ2v) is 5.29. The van der Waals surface area contributed by atoms with E-state index in [4.69, 9.17) is 4.74 Å². The number of carbonyl (C=O) groups excluding carboxylic acids is 1. The van der Waals surface area contributed by atoms with Gasteiger partial charge < -0.3 is 25.1 Å². The molecule has 0 spiro atoms.